The molecule has 0 aliphatic carbocycles. The molecule has 0 unspecified atom stereocenters. The molecule has 0 spiro atoms. The maximum Gasteiger partial charge on any atom is 0.265 e. The summed E-state index contributed by atoms with van der Waals surface area (Å²) in [5, 5.41) is 1.06. The third kappa shape index (κ3) is 3.37. The highest BCUT2D eigenvalue weighted by atomic mass is 32.2. The molecule has 0 bridgehead atoms. The Morgan fingerprint density at radius 2 is 2.04 bits per heavy atom. The highest BCUT2D eigenvalue weighted by Gasteiger charge is 2.29. The first-order valence-electron chi connectivity index (χ1n) is 9.59. The van der Waals surface area contributed by atoms with Gasteiger partial charge in [0.05, 0.1) is 10.4 Å². The van der Waals surface area contributed by atoms with Crippen molar-refractivity contribution in [3.8, 4) is 0 Å². The average molecular weight is 414 g/mol. The Bertz CT molecular complexity index is 1000. The lowest BCUT2D eigenvalue weighted by Gasteiger charge is -2.16. The SMILES string of the molecule is CCc1cccc2c(/C=C3\SC(=S)N(C)C3=O)cn(CC(=O)N3CCCC3)c12. The van der Waals surface area contributed by atoms with Crippen molar-refractivity contribution >= 4 is 57.1 Å². The van der Waals surface area contributed by atoms with Crippen LogP contribution in [0.1, 0.15) is 30.9 Å². The third-order valence-corrected chi connectivity index (χ3v) is 6.92. The summed E-state index contributed by atoms with van der Waals surface area (Å²) in [5.74, 6) is 0.0856. The van der Waals surface area contributed by atoms with Gasteiger partial charge >= 0.3 is 0 Å². The van der Waals surface area contributed by atoms with Gasteiger partial charge in [-0.2, -0.15) is 0 Å². The number of benzene rings is 1. The molecule has 0 atom stereocenters. The van der Waals surface area contributed by atoms with Crippen LogP contribution in [0, 0.1) is 0 Å². The largest absolute Gasteiger partial charge is 0.341 e. The number of likely N-dealkylation sites (N-methyl/N-ethyl adjacent to an activating group) is 1. The van der Waals surface area contributed by atoms with Crippen molar-refractivity contribution in [3.05, 3.63) is 40.4 Å². The van der Waals surface area contributed by atoms with Crippen LogP contribution in [0.3, 0.4) is 0 Å². The molecule has 7 heteroatoms. The molecule has 2 aliphatic heterocycles. The van der Waals surface area contributed by atoms with E-state index >= 15 is 0 Å². The molecule has 4 rings (SSSR count). The number of aryl methyl sites for hydroxylation is 1. The van der Waals surface area contributed by atoms with Crippen LogP contribution >= 0.6 is 24.0 Å². The second kappa shape index (κ2) is 7.72. The molecule has 2 saturated heterocycles. The minimum atomic E-state index is -0.0734. The number of aromatic nitrogens is 1. The van der Waals surface area contributed by atoms with Crippen molar-refractivity contribution in [2.45, 2.75) is 32.7 Å². The number of thioether (sulfide) groups is 1. The molecule has 0 saturated carbocycles. The van der Waals surface area contributed by atoms with Crippen molar-refractivity contribution in [2.75, 3.05) is 20.1 Å². The van der Waals surface area contributed by atoms with Crippen LogP contribution in [0.25, 0.3) is 17.0 Å². The summed E-state index contributed by atoms with van der Waals surface area (Å²) < 4.78 is 2.62. The van der Waals surface area contributed by atoms with Gasteiger partial charge in [-0.1, -0.05) is 49.1 Å². The lowest BCUT2D eigenvalue weighted by molar-refractivity contribution is -0.130. The molecule has 146 valence electrons. The van der Waals surface area contributed by atoms with Crippen LogP contribution in [0.4, 0.5) is 0 Å². The van der Waals surface area contributed by atoms with Crippen molar-refractivity contribution in [2.24, 2.45) is 0 Å². The van der Waals surface area contributed by atoms with Gasteiger partial charge in [0.2, 0.25) is 5.91 Å². The minimum Gasteiger partial charge on any atom is -0.341 e. The molecular weight excluding hydrogens is 390 g/mol. The zero-order chi connectivity index (χ0) is 19.8. The quantitative estimate of drug-likeness (QED) is 0.567. The predicted octanol–water partition coefficient (Wildman–Crippen LogP) is 3.66. The molecule has 1 aromatic carbocycles. The van der Waals surface area contributed by atoms with E-state index in [0.717, 1.165) is 48.8 Å². The third-order valence-electron chi connectivity index (χ3n) is 5.43. The van der Waals surface area contributed by atoms with Crippen LogP contribution in [-0.4, -0.2) is 50.6 Å². The normalized spacial score (nSPS) is 18.9. The van der Waals surface area contributed by atoms with Crippen LogP contribution in [-0.2, 0) is 22.6 Å². The van der Waals surface area contributed by atoms with Gasteiger partial charge in [-0.05, 0) is 30.9 Å². The number of carbonyl (C=O) groups excluding carboxylic acids is 2. The van der Waals surface area contributed by atoms with Crippen LogP contribution in [0.15, 0.2) is 29.3 Å². The zero-order valence-corrected chi connectivity index (χ0v) is 17.7. The fourth-order valence-electron chi connectivity index (χ4n) is 3.89. The fraction of sp³-hybridized carbons (Fsp3) is 0.381. The second-order valence-corrected chi connectivity index (χ2v) is 8.88. The predicted molar refractivity (Wildman–Crippen MR) is 118 cm³/mol. The highest BCUT2D eigenvalue weighted by molar-refractivity contribution is 8.26. The molecule has 1 aromatic heterocycles. The first kappa shape index (κ1) is 19.2. The molecular formula is C21H23N3O2S2. The van der Waals surface area contributed by atoms with Gasteiger partial charge in [0.25, 0.3) is 5.91 Å². The number of amides is 2. The summed E-state index contributed by atoms with van der Waals surface area (Å²) in [6.45, 7) is 4.15. The van der Waals surface area contributed by atoms with E-state index in [4.69, 9.17) is 12.2 Å². The van der Waals surface area contributed by atoms with E-state index in [1.165, 1.54) is 22.2 Å². The molecule has 3 heterocycles. The van der Waals surface area contributed by atoms with E-state index in [0.29, 0.717) is 15.8 Å². The van der Waals surface area contributed by atoms with Gasteiger partial charge in [-0.3, -0.25) is 14.5 Å². The van der Waals surface area contributed by atoms with E-state index in [9.17, 15) is 9.59 Å². The van der Waals surface area contributed by atoms with Gasteiger partial charge in [0.15, 0.2) is 0 Å². The summed E-state index contributed by atoms with van der Waals surface area (Å²) in [4.78, 5) is 29.2. The number of rotatable bonds is 4. The first-order valence-corrected chi connectivity index (χ1v) is 10.8. The van der Waals surface area contributed by atoms with Crippen molar-refractivity contribution in [1.82, 2.24) is 14.4 Å². The van der Waals surface area contributed by atoms with Gasteiger partial charge < -0.3 is 9.47 Å². The van der Waals surface area contributed by atoms with Gasteiger partial charge in [0.1, 0.15) is 10.9 Å². The van der Waals surface area contributed by atoms with Crippen LogP contribution in [0.5, 0.6) is 0 Å². The Kier molecular flexibility index (Phi) is 5.29. The minimum absolute atomic E-state index is 0.0734. The van der Waals surface area contributed by atoms with E-state index in [1.54, 1.807) is 7.05 Å². The lowest BCUT2D eigenvalue weighted by atomic mass is 10.1. The van der Waals surface area contributed by atoms with Gasteiger partial charge in [0, 0.05) is 37.3 Å². The highest BCUT2D eigenvalue weighted by Crippen LogP contribution is 2.34. The van der Waals surface area contributed by atoms with Gasteiger partial charge in [-0.25, -0.2) is 0 Å². The monoisotopic (exact) mass is 413 g/mol. The zero-order valence-electron chi connectivity index (χ0n) is 16.1. The van der Waals surface area contributed by atoms with Crippen LogP contribution in [0.2, 0.25) is 0 Å². The smallest absolute Gasteiger partial charge is 0.265 e. The number of nitrogens with zero attached hydrogens (tertiary/aromatic N) is 3. The Morgan fingerprint density at radius 3 is 2.68 bits per heavy atom. The number of thiocarbonyl (C=S) groups is 1. The van der Waals surface area contributed by atoms with Crippen LogP contribution < -0.4 is 0 Å². The summed E-state index contributed by atoms with van der Waals surface area (Å²) in [6, 6.07) is 6.20. The number of fused-ring (bicyclic) bond motifs is 1. The Balaban J connectivity index is 1.77. The topological polar surface area (TPSA) is 45.6 Å². The molecule has 2 aliphatic rings. The Morgan fingerprint density at radius 1 is 1.29 bits per heavy atom. The number of para-hydroxylation sites is 1. The van der Waals surface area contributed by atoms with Crippen molar-refractivity contribution < 1.29 is 9.59 Å². The maximum atomic E-state index is 12.8. The summed E-state index contributed by atoms with van der Waals surface area (Å²) in [6.07, 6.45) is 6.96. The Hall–Kier alpha value is -2.12. The average Bonchev–Trinajstić information content (AvgIpc) is 3.40. The molecule has 5 nitrogen and oxygen atoms in total. The van der Waals surface area contributed by atoms with E-state index in [-0.39, 0.29) is 11.8 Å². The standard InChI is InChI=1S/C21H23N3O2S2/c1-3-14-7-6-8-16-15(11-17-20(26)22(2)21(27)28-17)12-24(19(14)16)13-18(25)23-9-4-5-10-23/h6-8,11-12H,3-5,9-10,13H2,1-2H3/b17-11-. The summed E-state index contributed by atoms with van der Waals surface area (Å²) >= 11 is 6.57. The van der Waals surface area contributed by atoms with Gasteiger partial charge in [-0.15, -0.1) is 0 Å². The summed E-state index contributed by atoms with van der Waals surface area (Å²) in [7, 11) is 1.70. The number of carbonyl (C=O) groups is 2. The molecule has 0 radical (unpaired) electrons. The number of hydrogen-bond donors (Lipinski definition) is 0. The second-order valence-electron chi connectivity index (χ2n) is 7.21. The lowest BCUT2D eigenvalue weighted by Crippen LogP contribution is -2.30. The molecule has 2 amide bonds. The molecule has 28 heavy (non-hydrogen) atoms. The Labute approximate surface area is 174 Å². The number of hydrogen-bond acceptors (Lipinski definition) is 4. The van der Waals surface area contributed by atoms with Crippen molar-refractivity contribution in [3.63, 3.8) is 0 Å². The van der Waals surface area contributed by atoms with E-state index in [1.807, 2.05) is 27.8 Å². The number of likely N-dealkylation sites (tertiary alicyclic amines) is 1. The summed E-state index contributed by atoms with van der Waals surface area (Å²) in [5.41, 5.74) is 3.23. The van der Waals surface area contributed by atoms with E-state index in [2.05, 4.69) is 19.1 Å². The fourth-order valence-corrected chi connectivity index (χ4v) is 5.06. The van der Waals surface area contributed by atoms with Crippen molar-refractivity contribution in [1.29, 1.82) is 0 Å². The first-order chi connectivity index (χ1) is 13.5. The maximum absolute atomic E-state index is 12.8. The molecule has 0 N–H and O–H groups in total. The van der Waals surface area contributed by atoms with E-state index < -0.39 is 0 Å². The molecule has 2 aromatic rings. The molecule has 2 fully saturated rings.